The molecular weight excluding hydrogens is 148 g/mol. The molecule has 0 atom stereocenters. The highest BCUT2D eigenvalue weighted by Crippen LogP contribution is 2.10. The minimum absolute atomic E-state index is 0.692. The van der Waals surface area contributed by atoms with Crippen molar-refractivity contribution >= 4 is 0 Å². The molecule has 1 heterocycles. The molecule has 0 saturated carbocycles. The highest BCUT2D eigenvalue weighted by Gasteiger charge is 2.08. The molecule has 1 aliphatic rings. The van der Waals surface area contributed by atoms with Crippen LogP contribution in [0.15, 0.2) is 12.2 Å². The molecular formula is C10H16N2. The van der Waals surface area contributed by atoms with Gasteiger partial charge in [0, 0.05) is 12.1 Å². The summed E-state index contributed by atoms with van der Waals surface area (Å²) in [6.07, 6.45) is 5.24. The van der Waals surface area contributed by atoms with Crippen LogP contribution in [0.4, 0.5) is 0 Å². The molecule has 12 heavy (non-hydrogen) atoms. The molecule has 2 nitrogen and oxygen atoms in total. The summed E-state index contributed by atoms with van der Waals surface area (Å²) < 4.78 is 0. The van der Waals surface area contributed by atoms with Crippen LogP contribution < -0.4 is 0 Å². The van der Waals surface area contributed by atoms with Gasteiger partial charge in [-0.05, 0) is 25.9 Å². The van der Waals surface area contributed by atoms with Gasteiger partial charge < -0.3 is 0 Å². The third-order valence-electron chi connectivity index (χ3n) is 2.27. The molecule has 0 aromatic rings. The van der Waals surface area contributed by atoms with Gasteiger partial charge in [-0.3, -0.25) is 4.90 Å². The average molecular weight is 164 g/mol. The predicted molar refractivity (Wildman–Crippen MR) is 49.7 cm³/mol. The second-order valence-corrected chi connectivity index (χ2v) is 3.41. The fraction of sp³-hybridized carbons (Fsp3) is 0.700. The fourth-order valence-corrected chi connectivity index (χ4v) is 1.60. The first-order valence-electron chi connectivity index (χ1n) is 4.63. The first kappa shape index (κ1) is 9.28. The molecule has 0 radical (unpaired) electrons. The number of hydrogen-bond donors (Lipinski definition) is 0. The lowest BCUT2D eigenvalue weighted by Crippen LogP contribution is -2.26. The first-order chi connectivity index (χ1) is 5.83. The van der Waals surface area contributed by atoms with Crippen molar-refractivity contribution in [1.29, 1.82) is 5.26 Å². The van der Waals surface area contributed by atoms with E-state index in [1.165, 1.54) is 25.7 Å². The first-order valence-corrected chi connectivity index (χ1v) is 4.63. The van der Waals surface area contributed by atoms with Crippen molar-refractivity contribution < 1.29 is 0 Å². The van der Waals surface area contributed by atoms with Crippen LogP contribution in [0.5, 0.6) is 0 Å². The highest BCUT2D eigenvalue weighted by molar-refractivity contribution is 5.17. The predicted octanol–water partition coefficient (Wildman–Crippen LogP) is 1.94. The molecule has 1 rings (SSSR count). The number of rotatable bonds is 2. The smallest absolute Gasteiger partial charge is 0.0954 e. The Labute approximate surface area is 74.5 Å². The average Bonchev–Trinajstić information content (AvgIpc) is 2.33. The summed E-state index contributed by atoms with van der Waals surface area (Å²) in [4.78, 5) is 2.33. The van der Waals surface area contributed by atoms with Crippen LogP contribution >= 0.6 is 0 Å². The van der Waals surface area contributed by atoms with Gasteiger partial charge in [-0.2, -0.15) is 5.26 Å². The van der Waals surface area contributed by atoms with E-state index in [1.54, 1.807) is 0 Å². The molecule has 0 bridgehead atoms. The van der Waals surface area contributed by atoms with E-state index in [1.807, 2.05) is 0 Å². The minimum atomic E-state index is 0.692. The molecule has 0 amide bonds. The summed E-state index contributed by atoms with van der Waals surface area (Å²) >= 11 is 0. The molecule has 0 aliphatic carbocycles. The maximum Gasteiger partial charge on any atom is 0.0954 e. The van der Waals surface area contributed by atoms with Crippen LogP contribution in [0.25, 0.3) is 0 Å². The van der Waals surface area contributed by atoms with Crippen LogP contribution in [0, 0.1) is 11.3 Å². The highest BCUT2D eigenvalue weighted by atomic mass is 15.1. The van der Waals surface area contributed by atoms with E-state index < -0.39 is 0 Å². The lowest BCUT2D eigenvalue weighted by atomic mass is 10.2. The third kappa shape index (κ3) is 3.06. The lowest BCUT2D eigenvalue weighted by Gasteiger charge is -2.18. The lowest BCUT2D eigenvalue weighted by molar-refractivity contribution is 0.312. The van der Waals surface area contributed by atoms with Crippen LogP contribution in [0.3, 0.4) is 0 Å². The summed E-state index contributed by atoms with van der Waals surface area (Å²) in [5.74, 6) is 0. The van der Waals surface area contributed by atoms with Crippen molar-refractivity contribution in [3.63, 3.8) is 0 Å². The van der Waals surface area contributed by atoms with Gasteiger partial charge in [0.2, 0.25) is 0 Å². The summed E-state index contributed by atoms with van der Waals surface area (Å²) in [7, 11) is 0. The molecule has 0 unspecified atom stereocenters. The standard InChI is InChI=1S/C10H16N2/c1-10(8-11)9-12-6-4-2-3-5-7-12/h1-7,9H2. The zero-order valence-electron chi connectivity index (χ0n) is 7.55. The van der Waals surface area contributed by atoms with Gasteiger partial charge in [-0.15, -0.1) is 0 Å². The Kier molecular flexibility index (Phi) is 3.83. The van der Waals surface area contributed by atoms with Gasteiger partial charge >= 0.3 is 0 Å². The van der Waals surface area contributed by atoms with E-state index in [0.717, 1.165) is 19.6 Å². The van der Waals surface area contributed by atoms with Gasteiger partial charge in [0.25, 0.3) is 0 Å². The molecule has 0 N–H and O–H groups in total. The molecule has 1 aliphatic heterocycles. The summed E-state index contributed by atoms with van der Waals surface area (Å²) in [5.41, 5.74) is 0.692. The number of hydrogen-bond acceptors (Lipinski definition) is 2. The van der Waals surface area contributed by atoms with E-state index in [2.05, 4.69) is 17.5 Å². The topological polar surface area (TPSA) is 27.0 Å². The van der Waals surface area contributed by atoms with E-state index in [0.29, 0.717) is 5.57 Å². The Hall–Kier alpha value is -0.810. The van der Waals surface area contributed by atoms with Crippen LogP contribution in [-0.2, 0) is 0 Å². The Morgan fingerprint density at radius 3 is 2.33 bits per heavy atom. The second kappa shape index (κ2) is 4.95. The maximum absolute atomic E-state index is 8.56. The van der Waals surface area contributed by atoms with Gasteiger partial charge in [-0.1, -0.05) is 19.4 Å². The molecule has 66 valence electrons. The van der Waals surface area contributed by atoms with Crippen molar-refractivity contribution in [2.24, 2.45) is 0 Å². The Morgan fingerprint density at radius 2 is 1.83 bits per heavy atom. The van der Waals surface area contributed by atoms with Crippen molar-refractivity contribution in [3.8, 4) is 6.07 Å². The molecule has 1 fully saturated rings. The summed E-state index contributed by atoms with van der Waals surface area (Å²) in [6.45, 7) is 6.75. The van der Waals surface area contributed by atoms with E-state index in [4.69, 9.17) is 5.26 Å². The molecule has 2 heteroatoms. The van der Waals surface area contributed by atoms with E-state index in [-0.39, 0.29) is 0 Å². The van der Waals surface area contributed by atoms with Gasteiger partial charge in [-0.25, -0.2) is 0 Å². The fourth-order valence-electron chi connectivity index (χ4n) is 1.60. The van der Waals surface area contributed by atoms with Crippen LogP contribution in [0.1, 0.15) is 25.7 Å². The quantitative estimate of drug-likeness (QED) is 0.583. The van der Waals surface area contributed by atoms with Crippen LogP contribution in [-0.4, -0.2) is 24.5 Å². The summed E-state index contributed by atoms with van der Waals surface area (Å²) in [6, 6.07) is 2.10. The van der Waals surface area contributed by atoms with Crippen molar-refractivity contribution in [1.82, 2.24) is 4.90 Å². The Morgan fingerprint density at radius 1 is 1.25 bits per heavy atom. The maximum atomic E-state index is 8.56. The zero-order chi connectivity index (χ0) is 8.81. The molecule has 0 aromatic carbocycles. The molecule has 1 saturated heterocycles. The second-order valence-electron chi connectivity index (χ2n) is 3.41. The number of nitrogens with zero attached hydrogens (tertiary/aromatic N) is 2. The van der Waals surface area contributed by atoms with Gasteiger partial charge in [0.15, 0.2) is 0 Å². The zero-order valence-corrected chi connectivity index (χ0v) is 7.55. The van der Waals surface area contributed by atoms with E-state index >= 15 is 0 Å². The normalized spacial score (nSPS) is 19.6. The Balaban J connectivity index is 2.30. The molecule has 0 aromatic heterocycles. The van der Waals surface area contributed by atoms with E-state index in [9.17, 15) is 0 Å². The van der Waals surface area contributed by atoms with Gasteiger partial charge in [0.1, 0.15) is 0 Å². The number of likely N-dealkylation sites (tertiary alicyclic amines) is 1. The van der Waals surface area contributed by atoms with Crippen molar-refractivity contribution in [3.05, 3.63) is 12.2 Å². The van der Waals surface area contributed by atoms with Crippen molar-refractivity contribution in [2.45, 2.75) is 25.7 Å². The third-order valence-corrected chi connectivity index (χ3v) is 2.27. The molecule has 0 spiro atoms. The SMILES string of the molecule is C=C(C#N)CN1CCCCCC1. The minimum Gasteiger partial charge on any atom is -0.298 e. The Bertz CT molecular complexity index is 183. The number of nitriles is 1. The summed E-state index contributed by atoms with van der Waals surface area (Å²) in [5, 5.41) is 8.56. The van der Waals surface area contributed by atoms with Crippen LogP contribution in [0.2, 0.25) is 0 Å². The van der Waals surface area contributed by atoms with Crippen molar-refractivity contribution in [2.75, 3.05) is 19.6 Å². The largest absolute Gasteiger partial charge is 0.298 e. The van der Waals surface area contributed by atoms with Gasteiger partial charge in [0.05, 0.1) is 6.07 Å². The monoisotopic (exact) mass is 164 g/mol.